The molecule has 5 nitrogen and oxygen atoms in total. The molecule has 0 bridgehead atoms. The van der Waals surface area contributed by atoms with Gasteiger partial charge in [0.1, 0.15) is 11.6 Å². The first kappa shape index (κ1) is 22.7. The van der Waals surface area contributed by atoms with Crippen molar-refractivity contribution >= 4 is 45.8 Å². The number of hydrogen-bond acceptors (Lipinski definition) is 4. The molecule has 0 unspecified atom stereocenters. The standard InChI is InChI=1S/C21H30Cl2N4O/c1-6-18-25-20-16(9-15(22)10-17(20)23)21(26-18)27(12-14(4)5)8-7-19(28)24-11-13(2)3/h9-10,13-14H,6-8,11-12H2,1-5H3,(H,24,28). The number of aryl methyl sites for hydroxylation is 1. The van der Waals surface area contributed by atoms with Gasteiger partial charge in [-0.2, -0.15) is 0 Å². The van der Waals surface area contributed by atoms with Crippen LogP contribution in [0.25, 0.3) is 10.9 Å². The Kier molecular flexibility index (Phi) is 8.32. The molecule has 2 aromatic rings. The second kappa shape index (κ2) is 10.3. The average Bonchev–Trinajstić information content (AvgIpc) is 2.62. The zero-order chi connectivity index (χ0) is 20.8. The van der Waals surface area contributed by atoms with Gasteiger partial charge in [0.15, 0.2) is 0 Å². The minimum atomic E-state index is 0.0487. The molecule has 2 rings (SSSR count). The lowest BCUT2D eigenvalue weighted by atomic mass is 10.1. The highest BCUT2D eigenvalue weighted by atomic mass is 35.5. The fourth-order valence-corrected chi connectivity index (χ4v) is 3.49. The quantitative estimate of drug-likeness (QED) is 0.606. The molecule has 0 fully saturated rings. The smallest absolute Gasteiger partial charge is 0.221 e. The number of halogens is 2. The minimum absolute atomic E-state index is 0.0487. The maximum atomic E-state index is 12.3. The van der Waals surface area contributed by atoms with E-state index in [0.717, 1.165) is 23.6 Å². The Balaban J connectivity index is 2.39. The van der Waals surface area contributed by atoms with Gasteiger partial charge in [-0.25, -0.2) is 9.97 Å². The maximum Gasteiger partial charge on any atom is 0.221 e. The van der Waals surface area contributed by atoms with Gasteiger partial charge in [-0.1, -0.05) is 57.8 Å². The second-order valence-corrected chi connectivity index (χ2v) is 8.73. The van der Waals surface area contributed by atoms with Crippen molar-refractivity contribution in [3.8, 4) is 0 Å². The predicted octanol–water partition coefficient (Wildman–Crippen LogP) is 5.12. The number of carbonyl (C=O) groups excluding carboxylic acids is 1. The lowest BCUT2D eigenvalue weighted by Crippen LogP contribution is -2.35. The molecule has 7 heteroatoms. The van der Waals surface area contributed by atoms with E-state index in [1.165, 1.54) is 0 Å². The molecule has 1 heterocycles. The largest absolute Gasteiger partial charge is 0.356 e. The molecular weight excluding hydrogens is 395 g/mol. The van der Waals surface area contributed by atoms with Gasteiger partial charge in [0.2, 0.25) is 5.91 Å². The van der Waals surface area contributed by atoms with E-state index in [2.05, 4.69) is 42.9 Å². The predicted molar refractivity (Wildman–Crippen MR) is 118 cm³/mol. The van der Waals surface area contributed by atoms with Crippen LogP contribution in [-0.2, 0) is 11.2 Å². The molecule has 0 aliphatic heterocycles. The van der Waals surface area contributed by atoms with Gasteiger partial charge in [-0.05, 0) is 24.0 Å². The first-order valence-electron chi connectivity index (χ1n) is 9.88. The van der Waals surface area contributed by atoms with Gasteiger partial charge >= 0.3 is 0 Å². The SMILES string of the molecule is CCc1nc(N(CCC(=O)NCC(C)C)CC(C)C)c2cc(Cl)cc(Cl)c2n1. The average molecular weight is 425 g/mol. The molecule has 0 spiro atoms. The van der Waals surface area contributed by atoms with Crippen molar-refractivity contribution in [2.45, 2.75) is 47.5 Å². The number of rotatable bonds is 9. The van der Waals surface area contributed by atoms with Gasteiger partial charge in [0, 0.05) is 42.9 Å². The summed E-state index contributed by atoms with van der Waals surface area (Å²) in [6.45, 7) is 12.5. The number of amides is 1. The summed E-state index contributed by atoms with van der Waals surface area (Å²) in [5.74, 6) is 2.40. The van der Waals surface area contributed by atoms with Crippen molar-refractivity contribution in [3.63, 3.8) is 0 Å². The monoisotopic (exact) mass is 424 g/mol. The van der Waals surface area contributed by atoms with Crippen molar-refractivity contribution in [1.82, 2.24) is 15.3 Å². The maximum absolute atomic E-state index is 12.3. The van der Waals surface area contributed by atoms with Crippen LogP contribution < -0.4 is 10.2 Å². The van der Waals surface area contributed by atoms with Crippen LogP contribution in [0.4, 0.5) is 5.82 Å². The summed E-state index contributed by atoms with van der Waals surface area (Å²) < 4.78 is 0. The Labute approximate surface area is 177 Å². The third kappa shape index (κ3) is 6.21. The number of aromatic nitrogens is 2. The highest BCUT2D eigenvalue weighted by Crippen LogP contribution is 2.32. The molecule has 0 atom stereocenters. The highest BCUT2D eigenvalue weighted by molar-refractivity contribution is 6.38. The number of benzene rings is 1. The van der Waals surface area contributed by atoms with Gasteiger partial charge in [0.25, 0.3) is 0 Å². The van der Waals surface area contributed by atoms with Crippen LogP contribution in [0.15, 0.2) is 12.1 Å². The molecule has 28 heavy (non-hydrogen) atoms. The molecule has 154 valence electrons. The number of nitrogens with zero attached hydrogens (tertiary/aromatic N) is 3. The summed E-state index contributed by atoms with van der Waals surface area (Å²) in [5, 5.41) is 4.86. The number of anilines is 1. The fraction of sp³-hybridized carbons (Fsp3) is 0.571. The van der Waals surface area contributed by atoms with Crippen molar-refractivity contribution in [2.75, 3.05) is 24.5 Å². The lowest BCUT2D eigenvalue weighted by molar-refractivity contribution is -0.121. The summed E-state index contributed by atoms with van der Waals surface area (Å²) >= 11 is 12.7. The van der Waals surface area contributed by atoms with Crippen molar-refractivity contribution in [2.24, 2.45) is 11.8 Å². The van der Waals surface area contributed by atoms with Gasteiger partial charge in [-0.15, -0.1) is 0 Å². The topological polar surface area (TPSA) is 58.1 Å². The Bertz CT molecular complexity index is 824. The van der Waals surface area contributed by atoms with E-state index in [-0.39, 0.29) is 5.91 Å². The normalized spacial score (nSPS) is 11.5. The minimum Gasteiger partial charge on any atom is -0.356 e. The van der Waals surface area contributed by atoms with E-state index in [4.69, 9.17) is 28.2 Å². The third-order valence-electron chi connectivity index (χ3n) is 4.26. The van der Waals surface area contributed by atoms with Gasteiger partial charge < -0.3 is 10.2 Å². The van der Waals surface area contributed by atoms with Crippen LogP contribution in [0.2, 0.25) is 10.0 Å². The van der Waals surface area contributed by atoms with E-state index in [9.17, 15) is 4.79 Å². The summed E-state index contributed by atoms with van der Waals surface area (Å²) in [6, 6.07) is 3.55. The Morgan fingerprint density at radius 3 is 2.46 bits per heavy atom. The summed E-state index contributed by atoms with van der Waals surface area (Å²) in [6.07, 6.45) is 1.10. The molecule has 0 aliphatic carbocycles. The zero-order valence-electron chi connectivity index (χ0n) is 17.4. The van der Waals surface area contributed by atoms with E-state index in [1.807, 2.05) is 13.0 Å². The molecule has 0 radical (unpaired) electrons. The number of fused-ring (bicyclic) bond motifs is 1. The molecule has 0 saturated heterocycles. The van der Waals surface area contributed by atoms with E-state index in [0.29, 0.717) is 53.3 Å². The van der Waals surface area contributed by atoms with Crippen LogP contribution in [0, 0.1) is 11.8 Å². The van der Waals surface area contributed by atoms with Crippen LogP contribution >= 0.6 is 23.2 Å². The highest BCUT2D eigenvalue weighted by Gasteiger charge is 2.19. The number of nitrogens with one attached hydrogen (secondary N) is 1. The van der Waals surface area contributed by atoms with Crippen LogP contribution in [-0.4, -0.2) is 35.5 Å². The van der Waals surface area contributed by atoms with Gasteiger partial charge in [0.05, 0.1) is 10.5 Å². The number of hydrogen-bond donors (Lipinski definition) is 1. The summed E-state index contributed by atoms with van der Waals surface area (Å²) in [5.41, 5.74) is 0.700. The van der Waals surface area contributed by atoms with Gasteiger partial charge in [-0.3, -0.25) is 4.79 Å². The van der Waals surface area contributed by atoms with Crippen LogP contribution in [0.5, 0.6) is 0 Å². The fourth-order valence-electron chi connectivity index (χ4n) is 2.95. The molecule has 1 aromatic carbocycles. The molecule has 0 saturated carbocycles. The molecule has 1 N–H and O–H groups in total. The summed E-state index contributed by atoms with van der Waals surface area (Å²) in [7, 11) is 0. The Morgan fingerprint density at radius 2 is 1.86 bits per heavy atom. The molecular formula is C21H30Cl2N4O. The first-order valence-corrected chi connectivity index (χ1v) is 10.6. The van der Waals surface area contributed by atoms with E-state index < -0.39 is 0 Å². The van der Waals surface area contributed by atoms with Crippen molar-refractivity contribution in [1.29, 1.82) is 0 Å². The Hall–Kier alpha value is -1.59. The van der Waals surface area contributed by atoms with Crippen molar-refractivity contribution in [3.05, 3.63) is 28.0 Å². The van der Waals surface area contributed by atoms with Crippen LogP contribution in [0.1, 0.15) is 46.9 Å². The zero-order valence-corrected chi connectivity index (χ0v) is 18.9. The third-order valence-corrected chi connectivity index (χ3v) is 4.77. The van der Waals surface area contributed by atoms with Crippen molar-refractivity contribution < 1.29 is 4.79 Å². The Morgan fingerprint density at radius 1 is 1.14 bits per heavy atom. The second-order valence-electron chi connectivity index (χ2n) is 7.89. The lowest BCUT2D eigenvalue weighted by Gasteiger charge is -2.27. The van der Waals surface area contributed by atoms with E-state index >= 15 is 0 Å². The molecule has 1 aromatic heterocycles. The number of carbonyl (C=O) groups is 1. The summed E-state index contributed by atoms with van der Waals surface area (Å²) in [4.78, 5) is 23.8. The first-order chi connectivity index (χ1) is 13.2. The molecule has 1 amide bonds. The van der Waals surface area contributed by atoms with E-state index in [1.54, 1.807) is 6.07 Å². The molecule has 0 aliphatic rings. The van der Waals surface area contributed by atoms with Crippen LogP contribution in [0.3, 0.4) is 0 Å².